The van der Waals surface area contributed by atoms with Gasteiger partial charge in [0.05, 0.1) is 6.33 Å². The van der Waals surface area contributed by atoms with E-state index in [1.165, 1.54) is 31.4 Å². The number of aromatic amines is 1. The Kier molecular flexibility index (Phi) is 7.88. The second-order valence-corrected chi connectivity index (χ2v) is 4.41. The van der Waals surface area contributed by atoms with Crippen molar-refractivity contribution in [3.05, 3.63) is 18.2 Å². The molecule has 1 heterocycles. The van der Waals surface area contributed by atoms with Gasteiger partial charge in [-0.3, -0.25) is 4.79 Å². The zero-order valence-electron chi connectivity index (χ0n) is 11.2. The van der Waals surface area contributed by atoms with Gasteiger partial charge >= 0.3 is 0 Å². The summed E-state index contributed by atoms with van der Waals surface area (Å²) in [7, 11) is 1.67. The summed E-state index contributed by atoms with van der Waals surface area (Å²) in [4.78, 5) is 18.0. The predicted octanol–water partition coefficient (Wildman–Crippen LogP) is 1.24. The molecule has 0 unspecified atom stereocenters. The summed E-state index contributed by atoms with van der Waals surface area (Å²) in [6.07, 6.45) is 10.1. The van der Waals surface area contributed by atoms with Crippen molar-refractivity contribution < 1.29 is 4.79 Å². The molecule has 18 heavy (non-hydrogen) atoms. The summed E-state index contributed by atoms with van der Waals surface area (Å²) in [5.74, 6) is 0.0991. The fourth-order valence-corrected chi connectivity index (χ4v) is 1.79. The Morgan fingerprint density at radius 1 is 1.28 bits per heavy atom. The van der Waals surface area contributed by atoms with Gasteiger partial charge in [0.2, 0.25) is 5.91 Å². The van der Waals surface area contributed by atoms with Crippen LogP contribution in [0.25, 0.3) is 0 Å². The number of hydrogen-bond acceptors (Lipinski definition) is 3. The number of aromatic nitrogens is 2. The number of carbonyl (C=O) groups excluding carboxylic acids is 1. The topological polar surface area (TPSA) is 69.8 Å². The molecular weight excluding hydrogens is 228 g/mol. The van der Waals surface area contributed by atoms with Crippen molar-refractivity contribution in [1.82, 2.24) is 20.6 Å². The summed E-state index contributed by atoms with van der Waals surface area (Å²) in [6.45, 7) is 1.77. The van der Waals surface area contributed by atoms with E-state index in [0.29, 0.717) is 6.42 Å². The molecule has 0 saturated carbocycles. The zero-order valence-corrected chi connectivity index (χ0v) is 11.2. The lowest BCUT2D eigenvalue weighted by Gasteiger charge is -2.04. The molecule has 0 radical (unpaired) electrons. The maximum atomic E-state index is 10.9. The molecule has 0 bridgehead atoms. The van der Waals surface area contributed by atoms with E-state index in [0.717, 1.165) is 19.5 Å². The van der Waals surface area contributed by atoms with Gasteiger partial charge in [-0.2, -0.15) is 0 Å². The van der Waals surface area contributed by atoms with Crippen molar-refractivity contribution in [2.75, 3.05) is 20.1 Å². The molecule has 0 fully saturated rings. The van der Waals surface area contributed by atoms with E-state index >= 15 is 0 Å². The number of hydrogen-bond donors (Lipinski definition) is 3. The quantitative estimate of drug-likeness (QED) is 0.549. The van der Waals surface area contributed by atoms with Gasteiger partial charge in [0.15, 0.2) is 0 Å². The first-order valence-electron chi connectivity index (χ1n) is 6.71. The van der Waals surface area contributed by atoms with E-state index in [-0.39, 0.29) is 5.91 Å². The average Bonchev–Trinajstić information content (AvgIpc) is 2.89. The normalized spacial score (nSPS) is 10.5. The molecule has 0 aliphatic carbocycles. The standard InChI is InChI=1S/C13H24N4O/c1-14-13(18)7-9-15-8-5-3-2-4-6-12-10-16-11-17-12/h10-11,15H,2-9H2,1H3,(H,14,18)(H,16,17). The molecule has 1 rings (SSSR count). The first-order valence-corrected chi connectivity index (χ1v) is 6.71. The Bertz CT molecular complexity index is 311. The van der Waals surface area contributed by atoms with E-state index in [1.54, 1.807) is 13.4 Å². The number of carbonyl (C=O) groups is 1. The number of nitrogens with zero attached hydrogens (tertiary/aromatic N) is 1. The summed E-state index contributed by atoms with van der Waals surface area (Å²) < 4.78 is 0. The highest BCUT2D eigenvalue weighted by atomic mass is 16.1. The van der Waals surface area contributed by atoms with Crippen LogP contribution < -0.4 is 10.6 Å². The maximum absolute atomic E-state index is 10.9. The highest BCUT2D eigenvalue weighted by molar-refractivity contribution is 5.75. The van der Waals surface area contributed by atoms with Crippen LogP contribution in [0.2, 0.25) is 0 Å². The largest absolute Gasteiger partial charge is 0.359 e. The van der Waals surface area contributed by atoms with Crippen molar-refractivity contribution in [2.45, 2.75) is 38.5 Å². The van der Waals surface area contributed by atoms with Gasteiger partial charge in [-0.05, 0) is 25.8 Å². The van der Waals surface area contributed by atoms with Crippen LogP contribution in [0, 0.1) is 0 Å². The van der Waals surface area contributed by atoms with Crippen LogP contribution in [0.4, 0.5) is 0 Å². The van der Waals surface area contributed by atoms with Gasteiger partial charge in [-0.1, -0.05) is 12.8 Å². The monoisotopic (exact) mass is 252 g/mol. The number of H-pyrrole nitrogens is 1. The molecule has 0 spiro atoms. The number of amides is 1. The SMILES string of the molecule is CNC(=O)CCNCCCCCCc1cnc[nH]1. The van der Waals surface area contributed by atoms with E-state index in [1.807, 2.05) is 6.20 Å². The Balaban J connectivity index is 1.80. The molecule has 0 aromatic carbocycles. The molecule has 5 heteroatoms. The predicted molar refractivity (Wildman–Crippen MR) is 72.3 cm³/mol. The minimum Gasteiger partial charge on any atom is -0.359 e. The third-order valence-corrected chi connectivity index (χ3v) is 2.91. The average molecular weight is 252 g/mol. The van der Waals surface area contributed by atoms with Crippen molar-refractivity contribution in [2.24, 2.45) is 0 Å². The van der Waals surface area contributed by atoms with Crippen LogP contribution in [-0.4, -0.2) is 36.0 Å². The third kappa shape index (κ3) is 7.06. The second kappa shape index (κ2) is 9.65. The summed E-state index contributed by atoms with van der Waals surface area (Å²) >= 11 is 0. The van der Waals surface area contributed by atoms with Gasteiger partial charge in [0, 0.05) is 31.9 Å². The fraction of sp³-hybridized carbons (Fsp3) is 0.692. The molecule has 1 amide bonds. The van der Waals surface area contributed by atoms with Crippen molar-refractivity contribution in [1.29, 1.82) is 0 Å². The van der Waals surface area contributed by atoms with Crippen LogP contribution in [0.3, 0.4) is 0 Å². The van der Waals surface area contributed by atoms with Crippen molar-refractivity contribution in [3.8, 4) is 0 Å². The van der Waals surface area contributed by atoms with Crippen molar-refractivity contribution >= 4 is 5.91 Å². The Labute approximate surface area is 109 Å². The first-order chi connectivity index (χ1) is 8.83. The zero-order chi connectivity index (χ0) is 13.1. The Morgan fingerprint density at radius 2 is 2.11 bits per heavy atom. The van der Waals surface area contributed by atoms with Crippen LogP contribution in [0.5, 0.6) is 0 Å². The molecule has 0 saturated heterocycles. The third-order valence-electron chi connectivity index (χ3n) is 2.91. The van der Waals surface area contributed by atoms with Gasteiger partial charge < -0.3 is 15.6 Å². The van der Waals surface area contributed by atoms with Gasteiger partial charge in [-0.25, -0.2) is 4.98 Å². The molecule has 1 aromatic rings. The Morgan fingerprint density at radius 3 is 2.83 bits per heavy atom. The van der Waals surface area contributed by atoms with Crippen molar-refractivity contribution in [3.63, 3.8) is 0 Å². The van der Waals surface area contributed by atoms with Crippen LogP contribution in [0.15, 0.2) is 12.5 Å². The van der Waals surface area contributed by atoms with Gasteiger partial charge in [0.1, 0.15) is 0 Å². The minimum absolute atomic E-state index is 0.0991. The van der Waals surface area contributed by atoms with Gasteiger partial charge in [-0.15, -0.1) is 0 Å². The summed E-state index contributed by atoms with van der Waals surface area (Å²) in [6, 6.07) is 0. The van der Waals surface area contributed by atoms with Gasteiger partial charge in [0.25, 0.3) is 0 Å². The highest BCUT2D eigenvalue weighted by Crippen LogP contribution is 2.04. The molecule has 5 nitrogen and oxygen atoms in total. The first kappa shape index (κ1) is 14.7. The molecule has 0 atom stereocenters. The van der Waals surface area contributed by atoms with E-state index < -0.39 is 0 Å². The number of imidazole rings is 1. The number of nitrogens with one attached hydrogen (secondary N) is 3. The second-order valence-electron chi connectivity index (χ2n) is 4.41. The van der Waals surface area contributed by atoms with Crippen LogP contribution in [-0.2, 0) is 11.2 Å². The highest BCUT2D eigenvalue weighted by Gasteiger charge is 1.97. The van der Waals surface area contributed by atoms with Crippen LogP contribution >= 0.6 is 0 Å². The van der Waals surface area contributed by atoms with E-state index in [9.17, 15) is 4.79 Å². The smallest absolute Gasteiger partial charge is 0.221 e. The lowest BCUT2D eigenvalue weighted by Crippen LogP contribution is -2.25. The molecule has 1 aromatic heterocycles. The molecular formula is C13H24N4O. The lowest BCUT2D eigenvalue weighted by atomic mass is 10.1. The molecule has 0 aliphatic rings. The fourth-order valence-electron chi connectivity index (χ4n) is 1.79. The number of aryl methyl sites for hydroxylation is 1. The summed E-state index contributed by atoms with van der Waals surface area (Å²) in [5.41, 5.74) is 1.22. The molecule has 3 N–H and O–H groups in total. The molecule has 0 aliphatic heterocycles. The van der Waals surface area contributed by atoms with E-state index in [4.69, 9.17) is 0 Å². The molecule has 102 valence electrons. The van der Waals surface area contributed by atoms with Crippen LogP contribution in [0.1, 0.15) is 37.8 Å². The summed E-state index contributed by atoms with van der Waals surface area (Å²) in [5, 5.41) is 5.89. The Hall–Kier alpha value is -1.36. The minimum atomic E-state index is 0.0991. The van der Waals surface area contributed by atoms with E-state index in [2.05, 4.69) is 20.6 Å². The lowest BCUT2D eigenvalue weighted by molar-refractivity contribution is -0.120. The number of rotatable bonds is 10. The number of unbranched alkanes of at least 4 members (excludes halogenated alkanes) is 3. The maximum Gasteiger partial charge on any atom is 0.221 e.